The monoisotopic (exact) mass is 425 g/mol. The van der Waals surface area contributed by atoms with Crippen LogP contribution in [-0.4, -0.2) is 48.2 Å². The lowest BCUT2D eigenvalue weighted by Gasteiger charge is -2.45. The van der Waals surface area contributed by atoms with Crippen LogP contribution in [0.4, 0.5) is 5.69 Å². The molecule has 3 aromatic rings. The largest absolute Gasteiger partial charge is 0.494 e. The van der Waals surface area contributed by atoms with Crippen LogP contribution in [0.15, 0.2) is 59.4 Å². The Labute approximate surface area is 182 Å². The molecule has 2 atom stereocenters. The first-order chi connectivity index (χ1) is 14.5. The van der Waals surface area contributed by atoms with Gasteiger partial charge in [-0.1, -0.05) is 11.6 Å². The fraction of sp³-hybridized carbons (Fsp3) is 0.375. The molecule has 1 fully saturated rings. The van der Waals surface area contributed by atoms with Gasteiger partial charge in [-0.15, -0.1) is 0 Å². The topological polar surface area (TPSA) is 48.6 Å². The summed E-state index contributed by atoms with van der Waals surface area (Å²) in [5.74, 6) is 0.836. The van der Waals surface area contributed by atoms with Gasteiger partial charge in [0.15, 0.2) is 0 Å². The van der Waals surface area contributed by atoms with Crippen molar-refractivity contribution in [2.45, 2.75) is 32.4 Å². The van der Waals surface area contributed by atoms with E-state index in [-0.39, 0.29) is 5.56 Å². The van der Waals surface area contributed by atoms with Gasteiger partial charge in [0.2, 0.25) is 5.56 Å². The van der Waals surface area contributed by atoms with Crippen LogP contribution >= 0.6 is 11.6 Å². The zero-order valence-electron chi connectivity index (χ0n) is 17.5. The van der Waals surface area contributed by atoms with E-state index in [1.807, 2.05) is 36.4 Å². The maximum Gasteiger partial charge on any atom is 0.248 e. The van der Waals surface area contributed by atoms with Crippen molar-refractivity contribution in [2.24, 2.45) is 0 Å². The van der Waals surface area contributed by atoms with E-state index in [9.17, 15) is 4.79 Å². The number of aromatic amines is 1. The van der Waals surface area contributed by atoms with E-state index < -0.39 is 0 Å². The maximum absolute atomic E-state index is 11.4. The molecule has 0 radical (unpaired) electrons. The number of pyridine rings is 1. The Kier molecular flexibility index (Phi) is 6.30. The first-order valence-electron chi connectivity index (χ1n) is 10.5. The van der Waals surface area contributed by atoms with Crippen molar-refractivity contribution in [1.29, 1.82) is 0 Å². The van der Waals surface area contributed by atoms with Crippen molar-refractivity contribution in [3.8, 4) is 5.75 Å². The van der Waals surface area contributed by atoms with E-state index in [0.717, 1.165) is 47.7 Å². The summed E-state index contributed by atoms with van der Waals surface area (Å²) in [5, 5.41) is 1.76. The minimum atomic E-state index is -0.0874. The van der Waals surface area contributed by atoms with Crippen LogP contribution in [-0.2, 0) is 0 Å². The smallest absolute Gasteiger partial charge is 0.248 e. The molecule has 0 amide bonds. The molecule has 0 saturated carbocycles. The summed E-state index contributed by atoms with van der Waals surface area (Å²) in [6, 6.07) is 18.2. The van der Waals surface area contributed by atoms with Crippen LogP contribution in [0, 0.1) is 0 Å². The average Bonchev–Trinajstić information content (AvgIpc) is 2.73. The molecule has 30 heavy (non-hydrogen) atoms. The fourth-order valence-corrected chi connectivity index (χ4v) is 4.45. The zero-order chi connectivity index (χ0) is 21.1. The summed E-state index contributed by atoms with van der Waals surface area (Å²) in [7, 11) is 0. The van der Waals surface area contributed by atoms with Gasteiger partial charge in [-0.2, -0.15) is 0 Å². The molecule has 1 N–H and O–H groups in total. The number of piperazine rings is 1. The van der Waals surface area contributed by atoms with Crippen LogP contribution in [0.3, 0.4) is 0 Å². The first kappa shape index (κ1) is 20.8. The Morgan fingerprint density at radius 3 is 2.50 bits per heavy atom. The van der Waals surface area contributed by atoms with Gasteiger partial charge in [-0.25, -0.2) is 0 Å². The molecule has 2 aromatic carbocycles. The van der Waals surface area contributed by atoms with E-state index in [2.05, 4.69) is 40.8 Å². The lowest BCUT2D eigenvalue weighted by molar-refractivity contribution is 0.122. The van der Waals surface area contributed by atoms with Gasteiger partial charge < -0.3 is 14.6 Å². The summed E-state index contributed by atoms with van der Waals surface area (Å²) < 4.78 is 5.97. The second-order valence-corrected chi connectivity index (χ2v) is 8.53. The van der Waals surface area contributed by atoms with Crippen LogP contribution in [0.5, 0.6) is 5.75 Å². The number of rotatable bonds is 6. The zero-order valence-corrected chi connectivity index (χ0v) is 18.2. The van der Waals surface area contributed by atoms with Crippen molar-refractivity contribution >= 4 is 28.2 Å². The van der Waals surface area contributed by atoms with Crippen LogP contribution < -0.4 is 15.2 Å². The van der Waals surface area contributed by atoms with Gasteiger partial charge in [0.1, 0.15) is 5.75 Å². The maximum atomic E-state index is 11.4. The average molecular weight is 426 g/mol. The van der Waals surface area contributed by atoms with E-state index in [4.69, 9.17) is 16.3 Å². The number of fused-ring (bicyclic) bond motifs is 1. The van der Waals surface area contributed by atoms with Gasteiger partial charge in [0.25, 0.3) is 0 Å². The van der Waals surface area contributed by atoms with Crippen LogP contribution in [0.25, 0.3) is 10.9 Å². The van der Waals surface area contributed by atoms with Gasteiger partial charge in [-0.05, 0) is 68.8 Å². The number of hydrogen-bond donors (Lipinski definition) is 1. The molecule has 1 aliphatic rings. The Bertz CT molecular complexity index is 1040. The molecule has 5 nitrogen and oxygen atoms in total. The second-order valence-electron chi connectivity index (χ2n) is 8.09. The normalized spacial score (nSPS) is 19.9. The van der Waals surface area contributed by atoms with E-state index in [1.54, 1.807) is 6.07 Å². The predicted molar refractivity (Wildman–Crippen MR) is 124 cm³/mol. The molecular weight excluding hydrogens is 398 g/mol. The number of hydrogen-bond acceptors (Lipinski definition) is 4. The van der Waals surface area contributed by atoms with Crippen LogP contribution in [0.1, 0.15) is 20.3 Å². The standard InChI is InChI=1S/C24H28ClN3O2/c1-17-15-27(21-7-5-20(25)6-8-21)16-18(2)28(17)12-3-13-30-22-9-10-23-19(14-22)4-11-24(29)26-23/h4-11,14,17-18H,3,12-13,15-16H2,1-2H3,(H,26,29). The van der Waals surface area contributed by atoms with E-state index >= 15 is 0 Å². The third kappa shape index (κ3) is 4.79. The van der Waals surface area contributed by atoms with Crippen molar-refractivity contribution < 1.29 is 4.74 Å². The number of nitrogens with one attached hydrogen (secondary N) is 1. The minimum Gasteiger partial charge on any atom is -0.494 e. The van der Waals surface area contributed by atoms with E-state index in [0.29, 0.717) is 18.7 Å². The summed E-state index contributed by atoms with van der Waals surface area (Å²) in [4.78, 5) is 19.2. The van der Waals surface area contributed by atoms with Crippen molar-refractivity contribution in [3.63, 3.8) is 0 Å². The highest BCUT2D eigenvalue weighted by Gasteiger charge is 2.29. The SMILES string of the molecule is CC1CN(c2ccc(Cl)cc2)CC(C)N1CCCOc1ccc2[nH]c(=O)ccc2c1. The molecular formula is C24H28ClN3O2. The number of benzene rings is 2. The number of halogens is 1. The summed E-state index contributed by atoms with van der Waals surface area (Å²) in [6.45, 7) is 8.29. The molecule has 0 spiro atoms. The highest BCUT2D eigenvalue weighted by molar-refractivity contribution is 6.30. The molecule has 2 heterocycles. The second kappa shape index (κ2) is 9.11. The Hall–Kier alpha value is -2.50. The molecule has 0 aliphatic carbocycles. The Morgan fingerprint density at radius 1 is 1.03 bits per heavy atom. The van der Waals surface area contributed by atoms with Gasteiger partial charge >= 0.3 is 0 Å². The number of anilines is 1. The Morgan fingerprint density at radius 2 is 1.77 bits per heavy atom. The quantitative estimate of drug-likeness (QED) is 0.588. The molecule has 4 rings (SSSR count). The highest BCUT2D eigenvalue weighted by Crippen LogP contribution is 2.24. The molecule has 1 saturated heterocycles. The van der Waals surface area contributed by atoms with Crippen molar-refractivity contribution in [3.05, 3.63) is 70.0 Å². The third-order valence-corrected chi connectivity index (χ3v) is 6.07. The molecule has 2 unspecified atom stereocenters. The highest BCUT2D eigenvalue weighted by atomic mass is 35.5. The third-order valence-electron chi connectivity index (χ3n) is 5.82. The lowest BCUT2D eigenvalue weighted by Crippen LogP contribution is -2.57. The molecule has 0 bridgehead atoms. The lowest BCUT2D eigenvalue weighted by atomic mass is 10.1. The number of aromatic nitrogens is 1. The molecule has 1 aliphatic heterocycles. The minimum absolute atomic E-state index is 0.0874. The van der Waals surface area contributed by atoms with Crippen molar-refractivity contribution in [1.82, 2.24) is 9.88 Å². The molecule has 6 heteroatoms. The van der Waals surface area contributed by atoms with Gasteiger partial charge in [0, 0.05) is 59.4 Å². The van der Waals surface area contributed by atoms with Crippen LogP contribution in [0.2, 0.25) is 5.02 Å². The predicted octanol–water partition coefficient (Wildman–Crippen LogP) is 4.55. The van der Waals surface area contributed by atoms with E-state index in [1.165, 1.54) is 5.69 Å². The summed E-state index contributed by atoms with van der Waals surface area (Å²) >= 11 is 6.03. The fourth-order valence-electron chi connectivity index (χ4n) is 4.32. The first-order valence-corrected chi connectivity index (χ1v) is 10.9. The number of ether oxygens (including phenoxy) is 1. The molecule has 1 aromatic heterocycles. The van der Waals surface area contributed by atoms with Crippen molar-refractivity contribution in [2.75, 3.05) is 31.1 Å². The molecule has 158 valence electrons. The number of H-pyrrole nitrogens is 1. The summed E-state index contributed by atoms with van der Waals surface area (Å²) in [5.41, 5.74) is 1.98. The van der Waals surface area contributed by atoms with Gasteiger partial charge in [-0.3, -0.25) is 9.69 Å². The number of nitrogens with zero attached hydrogens (tertiary/aromatic N) is 2. The Balaban J connectivity index is 1.28. The van der Waals surface area contributed by atoms with Gasteiger partial charge in [0.05, 0.1) is 6.61 Å². The summed E-state index contributed by atoms with van der Waals surface area (Å²) in [6.07, 6.45) is 0.972.